The van der Waals surface area contributed by atoms with Crippen LogP contribution in [0.15, 0.2) is 29.3 Å². The number of rotatable bonds is 15. The predicted molar refractivity (Wildman–Crippen MR) is 165 cm³/mol. The summed E-state index contributed by atoms with van der Waals surface area (Å²) in [5, 5.41) is 25.7. The Bertz CT molecular complexity index is 1310. The molecule has 1 aromatic carbocycles. The molecule has 0 aromatic heterocycles. The molecule has 0 spiro atoms. The molecule has 1 saturated heterocycles. The van der Waals surface area contributed by atoms with Crippen LogP contribution in [-0.2, 0) is 35.4 Å². The summed E-state index contributed by atoms with van der Waals surface area (Å²) in [7, 11) is -4.74. The van der Waals surface area contributed by atoms with Crippen LogP contribution in [0.3, 0.4) is 0 Å². The van der Waals surface area contributed by atoms with Crippen LogP contribution in [-0.4, -0.2) is 95.2 Å². The van der Waals surface area contributed by atoms with Gasteiger partial charge in [-0.1, -0.05) is 32.4 Å². The second-order valence-electron chi connectivity index (χ2n) is 11.8. The highest BCUT2D eigenvalue weighted by Gasteiger charge is 2.51. The van der Waals surface area contributed by atoms with Crippen molar-refractivity contribution in [1.82, 2.24) is 15.5 Å². The van der Waals surface area contributed by atoms with E-state index in [1.807, 2.05) is 6.92 Å². The normalized spacial score (nSPS) is 23.3. The number of aliphatic hydroxyl groups is 1. The van der Waals surface area contributed by atoms with Crippen LogP contribution in [0.1, 0.15) is 64.4 Å². The van der Waals surface area contributed by atoms with Gasteiger partial charge in [0.05, 0.1) is 6.10 Å². The Labute approximate surface area is 263 Å². The van der Waals surface area contributed by atoms with E-state index in [1.165, 1.54) is 17.0 Å². The molecule has 1 heterocycles. The number of unbranched alkanes of at least 4 members (excludes halogenated alkanes) is 1. The Morgan fingerprint density at radius 2 is 1.82 bits per heavy atom. The minimum Gasteiger partial charge on any atom is -0.508 e. The molecule has 3 rings (SSSR count). The molecule has 252 valence electrons. The molecule has 1 aromatic rings. The molecule has 1 aliphatic carbocycles. The number of phenols is 1. The first-order chi connectivity index (χ1) is 21.2. The molecule has 0 unspecified atom stereocenters. The fourth-order valence-corrected chi connectivity index (χ4v) is 6.56. The lowest BCUT2D eigenvalue weighted by Gasteiger charge is -2.39. The summed E-state index contributed by atoms with van der Waals surface area (Å²) < 4.78 is 37.1. The number of nitrogens with one attached hydrogen (secondary N) is 2. The van der Waals surface area contributed by atoms with E-state index in [2.05, 4.69) is 15.6 Å². The van der Waals surface area contributed by atoms with Crippen LogP contribution in [0.2, 0.25) is 0 Å². The number of fused-ring (bicyclic) bond motifs is 1. The molecule has 3 amide bonds. The van der Waals surface area contributed by atoms with Gasteiger partial charge in [-0.15, -0.1) is 0 Å². The summed E-state index contributed by atoms with van der Waals surface area (Å²) >= 11 is 0. The van der Waals surface area contributed by atoms with Crippen molar-refractivity contribution >= 4 is 34.1 Å². The van der Waals surface area contributed by atoms with Gasteiger partial charge in [-0.05, 0) is 68.1 Å². The molecular weight excluding hydrogens is 608 g/mol. The quantitative estimate of drug-likeness (QED) is 0.0572. The standard InChI is InChI=1S/C29H46N6O9S/c1-3-17(2)25(34-27(39)24(37)14-18-6-9-20(36)10-7-18)28(40)35-22-16-21(44-45(41,42)43)11-8-19(22)15-23(35)26(38)32-12-4-5-13-33-29(30)31/h6-7,9-10,17,19,21-25,36-37H,3-5,8,11-16H2,1-2H3,(H,32,38)(H,34,39)(H4,30,31,33)(H,41,42,43)/t17-,19-,21+,22-,23-,24+,25+/m0/s1. The lowest BCUT2D eigenvalue weighted by atomic mass is 9.83. The average molecular weight is 655 g/mol. The van der Waals surface area contributed by atoms with E-state index < -0.39 is 52.5 Å². The maximum Gasteiger partial charge on any atom is 0.397 e. The Hall–Kier alpha value is -3.47. The van der Waals surface area contributed by atoms with Gasteiger partial charge in [0, 0.05) is 25.6 Å². The molecular formula is C29H46N6O9S. The lowest BCUT2D eigenvalue weighted by molar-refractivity contribution is -0.146. The molecule has 16 heteroatoms. The molecule has 0 bridgehead atoms. The van der Waals surface area contributed by atoms with E-state index in [0.29, 0.717) is 57.2 Å². The first-order valence-electron chi connectivity index (χ1n) is 15.3. The lowest BCUT2D eigenvalue weighted by Crippen LogP contribution is -2.59. The van der Waals surface area contributed by atoms with Crippen molar-refractivity contribution in [2.45, 2.75) is 95.5 Å². The topological polar surface area (TPSA) is 247 Å². The molecule has 2 fully saturated rings. The zero-order chi connectivity index (χ0) is 33.3. The number of hydrogen-bond acceptors (Lipinski definition) is 9. The third-order valence-corrected chi connectivity index (χ3v) is 9.08. The molecule has 45 heavy (non-hydrogen) atoms. The fraction of sp³-hybridized carbons (Fsp3) is 0.655. The van der Waals surface area contributed by atoms with Crippen molar-refractivity contribution in [3.05, 3.63) is 29.8 Å². The maximum atomic E-state index is 14.3. The van der Waals surface area contributed by atoms with E-state index in [9.17, 15) is 37.6 Å². The number of amides is 3. The molecule has 1 saturated carbocycles. The van der Waals surface area contributed by atoms with Crippen LogP contribution in [0.25, 0.3) is 0 Å². The van der Waals surface area contributed by atoms with Gasteiger partial charge < -0.3 is 37.2 Å². The monoisotopic (exact) mass is 654 g/mol. The van der Waals surface area contributed by atoms with E-state index in [4.69, 9.17) is 15.7 Å². The van der Waals surface area contributed by atoms with Gasteiger partial charge in [-0.25, -0.2) is 4.18 Å². The number of aliphatic imine (C=N–C) groups is 1. The highest BCUT2D eigenvalue weighted by Crippen LogP contribution is 2.41. The zero-order valence-electron chi connectivity index (χ0n) is 25.7. The van der Waals surface area contributed by atoms with Gasteiger partial charge in [0.1, 0.15) is 23.9 Å². The molecule has 0 radical (unpaired) electrons. The smallest absolute Gasteiger partial charge is 0.397 e. The molecule has 15 nitrogen and oxygen atoms in total. The Balaban J connectivity index is 1.81. The number of aromatic hydroxyl groups is 1. The fourth-order valence-electron chi connectivity index (χ4n) is 6.04. The number of nitrogens with two attached hydrogens (primary N) is 2. The Morgan fingerprint density at radius 1 is 1.13 bits per heavy atom. The van der Waals surface area contributed by atoms with Crippen LogP contribution in [0, 0.1) is 11.8 Å². The summed E-state index contributed by atoms with van der Waals surface area (Å²) in [6.07, 6.45) is 0.462. The van der Waals surface area contributed by atoms with Gasteiger partial charge in [0.15, 0.2) is 5.96 Å². The van der Waals surface area contributed by atoms with Crippen LogP contribution >= 0.6 is 0 Å². The van der Waals surface area contributed by atoms with Gasteiger partial charge >= 0.3 is 10.4 Å². The first kappa shape index (κ1) is 36.0. The van der Waals surface area contributed by atoms with Crippen molar-refractivity contribution in [3.8, 4) is 5.75 Å². The molecule has 9 N–H and O–H groups in total. The number of carbonyl (C=O) groups excluding carboxylic acids is 3. The van der Waals surface area contributed by atoms with Crippen molar-refractivity contribution in [2.75, 3.05) is 13.1 Å². The Kier molecular flexibility index (Phi) is 13.0. The number of phenolic OH excluding ortho intramolecular Hbond substituents is 1. The van der Waals surface area contributed by atoms with Crippen molar-refractivity contribution in [1.29, 1.82) is 0 Å². The number of nitrogens with zero attached hydrogens (tertiary/aromatic N) is 2. The molecule has 1 aliphatic heterocycles. The highest BCUT2D eigenvalue weighted by molar-refractivity contribution is 7.80. The van der Waals surface area contributed by atoms with Crippen molar-refractivity contribution < 1.29 is 41.8 Å². The van der Waals surface area contributed by atoms with Crippen LogP contribution in [0.5, 0.6) is 5.75 Å². The number of guanidine groups is 1. The number of likely N-dealkylation sites (tertiary alicyclic amines) is 1. The summed E-state index contributed by atoms with van der Waals surface area (Å²) in [5.74, 6) is -2.17. The van der Waals surface area contributed by atoms with E-state index in [0.717, 1.165) is 0 Å². The number of aliphatic hydroxyl groups excluding tert-OH is 1. The van der Waals surface area contributed by atoms with Crippen molar-refractivity contribution in [3.63, 3.8) is 0 Å². The predicted octanol–water partition coefficient (Wildman–Crippen LogP) is -0.0461. The average Bonchev–Trinajstić information content (AvgIpc) is 3.35. The summed E-state index contributed by atoms with van der Waals surface area (Å²) in [4.78, 5) is 46.3. The van der Waals surface area contributed by atoms with Crippen LogP contribution < -0.4 is 22.1 Å². The van der Waals surface area contributed by atoms with Crippen molar-refractivity contribution in [2.24, 2.45) is 28.3 Å². The van der Waals surface area contributed by atoms with Gasteiger partial charge in [-0.2, -0.15) is 8.42 Å². The van der Waals surface area contributed by atoms with Gasteiger partial charge in [0.2, 0.25) is 17.7 Å². The van der Waals surface area contributed by atoms with E-state index in [-0.39, 0.29) is 42.3 Å². The Morgan fingerprint density at radius 3 is 2.44 bits per heavy atom. The minimum atomic E-state index is -4.74. The molecule has 2 aliphatic rings. The number of benzene rings is 1. The molecule has 7 atom stereocenters. The minimum absolute atomic E-state index is 0.0196. The van der Waals surface area contributed by atoms with Gasteiger partial charge in [-0.3, -0.25) is 23.9 Å². The van der Waals surface area contributed by atoms with Crippen LogP contribution in [0.4, 0.5) is 0 Å². The summed E-state index contributed by atoms with van der Waals surface area (Å²) in [5.41, 5.74) is 11.3. The third-order valence-electron chi connectivity index (χ3n) is 8.57. The summed E-state index contributed by atoms with van der Waals surface area (Å²) in [6, 6.07) is 3.47. The number of hydrogen-bond donors (Lipinski definition) is 7. The third kappa shape index (κ3) is 10.5. The second-order valence-corrected chi connectivity index (χ2v) is 12.9. The first-order valence-corrected chi connectivity index (χ1v) is 16.6. The summed E-state index contributed by atoms with van der Waals surface area (Å²) in [6.45, 7) is 4.34. The van der Waals surface area contributed by atoms with E-state index in [1.54, 1.807) is 19.1 Å². The van der Waals surface area contributed by atoms with E-state index >= 15 is 0 Å². The second kappa shape index (κ2) is 16.2. The zero-order valence-corrected chi connectivity index (χ0v) is 26.5. The largest absolute Gasteiger partial charge is 0.508 e. The number of carbonyl (C=O) groups is 3. The maximum absolute atomic E-state index is 14.3. The SMILES string of the molecule is CC[C@H](C)[C@@H](NC(=O)[C@H](O)Cc1ccc(O)cc1)C(=O)N1[C@H](C(=O)NCCCCN=C(N)N)C[C@@H]2CC[C@@H](OS(=O)(=O)O)C[C@@H]21. The van der Waals surface area contributed by atoms with Gasteiger partial charge in [0.25, 0.3) is 0 Å². The highest BCUT2D eigenvalue weighted by atomic mass is 32.3.